The van der Waals surface area contributed by atoms with Crippen molar-refractivity contribution in [1.29, 1.82) is 0 Å². The van der Waals surface area contributed by atoms with Crippen LogP contribution in [0.3, 0.4) is 0 Å². The van der Waals surface area contributed by atoms with Gasteiger partial charge in [0.15, 0.2) is 0 Å². The fourth-order valence-corrected chi connectivity index (χ4v) is 1.03. The molecule has 0 aromatic heterocycles. The van der Waals surface area contributed by atoms with E-state index in [-0.39, 0.29) is 5.92 Å². The van der Waals surface area contributed by atoms with Crippen LogP contribution < -0.4 is 5.32 Å². The molecular formula is C11H23NO2. The smallest absolute Gasteiger partial charge is 0.306 e. The van der Waals surface area contributed by atoms with Crippen LogP contribution in [-0.2, 0) is 4.79 Å². The van der Waals surface area contributed by atoms with Gasteiger partial charge in [-0.1, -0.05) is 27.7 Å². The number of aliphatic carboxylic acids is 1. The topological polar surface area (TPSA) is 49.3 Å². The summed E-state index contributed by atoms with van der Waals surface area (Å²) < 4.78 is 0. The zero-order chi connectivity index (χ0) is 11.2. The Morgan fingerprint density at radius 1 is 1.36 bits per heavy atom. The summed E-state index contributed by atoms with van der Waals surface area (Å²) in [6.45, 7) is 10.1. The van der Waals surface area contributed by atoms with Gasteiger partial charge in [-0.3, -0.25) is 4.79 Å². The Kier molecular flexibility index (Phi) is 5.77. The molecule has 3 nitrogen and oxygen atoms in total. The number of carbonyl (C=O) groups is 1. The molecule has 1 unspecified atom stereocenters. The molecule has 1 atom stereocenters. The quantitative estimate of drug-likeness (QED) is 0.647. The molecule has 0 aliphatic rings. The highest BCUT2D eigenvalue weighted by atomic mass is 16.4. The molecular weight excluding hydrogens is 178 g/mol. The summed E-state index contributed by atoms with van der Waals surface area (Å²) in [6, 6.07) is 0. The van der Waals surface area contributed by atoms with Crippen LogP contribution in [0.4, 0.5) is 0 Å². The lowest BCUT2D eigenvalue weighted by atomic mass is 9.92. The fourth-order valence-electron chi connectivity index (χ4n) is 1.03. The second-order valence-electron chi connectivity index (χ2n) is 5.09. The lowest BCUT2D eigenvalue weighted by molar-refractivity contribution is -0.141. The van der Waals surface area contributed by atoms with E-state index >= 15 is 0 Å². The lowest BCUT2D eigenvalue weighted by Crippen LogP contribution is -2.24. The van der Waals surface area contributed by atoms with E-state index in [0.29, 0.717) is 11.8 Å². The number of rotatable bonds is 6. The van der Waals surface area contributed by atoms with Gasteiger partial charge in [-0.2, -0.15) is 0 Å². The molecule has 0 amide bonds. The summed E-state index contributed by atoms with van der Waals surface area (Å²) in [4.78, 5) is 10.5. The zero-order valence-electron chi connectivity index (χ0n) is 9.76. The Balaban J connectivity index is 3.35. The van der Waals surface area contributed by atoms with Crippen LogP contribution in [-0.4, -0.2) is 24.2 Å². The van der Waals surface area contributed by atoms with Crippen LogP contribution in [0.15, 0.2) is 0 Å². The Morgan fingerprint density at radius 2 is 1.93 bits per heavy atom. The second kappa shape index (κ2) is 6.02. The van der Waals surface area contributed by atoms with Crippen molar-refractivity contribution in [2.24, 2.45) is 11.3 Å². The Hall–Kier alpha value is -0.570. The second-order valence-corrected chi connectivity index (χ2v) is 5.09. The maximum atomic E-state index is 10.5. The maximum Gasteiger partial charge on any atom is 0.306 e. The predicted molar refractivity (Wildman–Crippen MR) is 58.4 cm³/mol. The van der Waals surface area contributed by atoms with E-state index < -0.39 is 5.97 Å². The van der Waals surface area contributed by atoms with Gasteiger partial charge >= 0.3 is 5.97 Å². The van der Waals surface area contributed by atoms with E-state index in [4.69, 9.17) is 5.11 Å². The molecule has 0 aromatic carbocycles. The third-order valence-corrected chi connectivity index (χ3v) is 2.23. The van der Waals surface area contributed by atoms with E-state index in [2.05, 4.69) is 26.1 Å². The van der Waals surface area contributed by atoms with Gasteiger partial charge in [0.1, 0.15) is 0 Å². The Morgan fingerprint density at radius 3 is 2.36 bits per heavy atom. The van der Waals surface area contributed by atoms with Crippen molar-refractivity contribution >= 4 is 5.97 Å². The van der Waals surface area contributed by atoms with Crippen molar-refractivity contribution in [2.75, 3.05) is 13.1 Å². The first-order chi connectivity index (χ1) is 6.33. The monoisotopic (exact) mass is 201 g/mol. The first-order valence-corrected chi connectivity index (χ1v) is 5.26. The van der Waals surface area contributed by atoms with Crippen molar-refractivity contribution in [2.45, 2.75) is 40.5 Å². The van der Waals surface area contributed by atoms with E-state index in [1.807, 2.05) is 0 Å². The third kappa shape index (κ3) is 8.05. The first kappa shape index (κ1) is 13.4. The van der Waals surface area contributed by atoms with E-state index in [1.54, 1.807) is 6.92 Å². The lowest BCUT2D eigenvalue weighted by Gasteiger charge is -2.18. The normalized spacial score (nSPS) is 14.0. The minimum atomic E-state index is -0.706. The molecule has 0 aromatic rings. The van der Waals surface area contributed by atoms with E-state index in [9.17, 15) is 4.79 Å². The van der Waals surface area contributed by atoms with Crippen LogP contribution in [0.5, 0.6) is 0 Å². The van der Waals surface area contributed by atoms with Gasteiger partial charge in [-0.15, -0.1) is 0 Å². The number of hydrogen-bond donors (Lipinski definition) is 2. The van der Waals surface area contributed by atoms with Crippen molar-refractivity contribution in [3.8, 4) is 0 Å². The van der Waals surface area contributed by atoms with Crippen LogP contribution in [0.25, 0.3) is 0 Å². The largest absolute Gasteiger partial charge is 0.481 e. The van der Waals surface area contributed by atoms with Gasteiger partial charge < -0.3 is 10.4 Å². The van der Waals surface area contributed by atoms with E-state index in [0.717, 1.165) is 19.5 Å². The minimum Gasteiger partial charge on any atom is -0.481 e. The predicted octanol–water partition coefficient (Wildman–Crippen LogP) is 2.12. The number of nitrogens with one attached hydrogen (secondary N) is 1. The summed E-state index contributed by atoms with van der Waals surface area (Å²) in [6.07, 6.45) is 1.83. The molecule has 14 heavy (non-hydrogen) atoms. The summed E-state index contributed by atoms with van der Waals surface area (Å²) in [7, 11) is 0. The van der Waals surface area contributed by atoms with Gasteiger partial charge in [0.05, 0.1) is 5.92 Å². The first-order valence-electron chi connectivity index (χ1n) is 5.26. The molecule has 3 heteroatoms. The average Bonchev–Trinajstić information content (AvgIpc) is 2.01. The standard InChI is InChI=1S/C11H23NO2/c1-9(10(13)14)5-7-12-8-6-11(2,3)4/h9,12H,5-8H2,1-4H3,(H,13,14). The van der Waals surface area contributed by atoms with Crippen molar-refractivity contribution < 1.29 is 9.90 Å². The minimum absolute atomic E-state index is 0.239. The molecule has 84 valence electrons. The van der Waals surface area contributed by atoms with Gasteiger partial charge in [-0.05, 0) is 31.3 Å². The number of carboxylic acids is 1. The van der Waals surface area contributed by atoms with Gasteiger partial charge in [-0.25, -0.2) is 0 Å². The summed E-state index contributed by atoms with van der Waals surface area (Å²) >= 11 is 0. The average molecular weight is 201 g/mol. The van der Waals surface area contributed by atoms with Crippen LogP contribution >= 0.6 is 0 Å². The third-order valence-electron chi connectivity index (χ3n) is 2.23. The highest BCUT2D eigenvalue weighted by Crippen LogP contribution is 2.16. The van der Waals surface area contributed by atoms with Crippen LogP contribution in [0, 0.1) is 11.3 Å². The van der Waals surface area contributed by atoms with Gasteiger partial charge in [0.25, 0.3) is 0 Å². The molecule has 0 fully saturated rings. The number of hydrogen-bond acceptors (Lipinski definition) is 2. The molecule has 0 saturated carbocycles. The molecule has 0 saturated heterocycles. The van der Waals surface area contributed by atoms with Crippen molar-refractivity contribution in [1.82, 2.24) is 5.32 Å². The molecule has 0 aliphatic carbocycles. The SMILES string of the molecule is CC(CCNCCC(C)(C)C)C(=O)O. The summed E-state index contributed by atoms with van der Waals surface area (Å²) in [5, 5.41) is 11.9. The molecule has 0 heterocycles. The summed E-state index contributed by atoms with van der Waals surface area (Å²) in [5.74, 6) is -0.945. The number of carboxylic acid groups (broad SMARTS) is 1. The molecule has 2 N–H and O–H groups in total. The van der Waals surface area contributed by atoms with E-state index in [1.165, 1.54) is 0 Å². The fraction of sp³-hybridized carbons (Fsp3) is 0.909. The van der Waals surface area contributed by atoms with Gasteiger partial charge in [0, 0.05) is 0 Å². The van der Waals surface area contributed by atoms with Crippen molar-refractivity contribution in [3.05, 3.63) is 0 Å². The maximum absolute atomic E-state index is 10.5. The van der Waals surface area contributed by atoms with Gasteiger partial charge in [0.2, 0.25) is 0 Å². The van der Waals surface area contributed by atoms with Crippen LogP contribution in [0.2, 0.25) is 0 Å². The Labute approximate surface area is 86.9 Å². The highest BCUT2D eigenvalue weighted by Gasteiger charge is 2.11. The molecule has 0 spiro atoms. The highest BCUT2D eigenvalue weighted by molar-refractivity contribution is 5.69. The zero-order valence-corrected chi connectivity index (χ0v) is 9.76. The summed E-state index contributed by atoms with van der Waals surface area (Å²) in [5.41, 5.74) is 0.353. The molecule has 0 rings (SSSR count). The molecule has 0 aliphatic heterocycles. The Bertz CT molecular complexity index is 173. The molecule has 0 radical (unpaired) electrons. The van der Waals surface area contributed by atoms with Crippen molar-refractivity contribution in [3.63, 3.8) is 0 Å². The molecule has 0 bridgehead atoms. The van der Waals surface area contributed by atoms with Crippen LogP contribution in [0.1, 0.15) is 40.5 Å².